The van der Waals surface area contributed by atoms with Crippen molar-refractivity contribution in [2.75, 3.05) is 13.1 Å². The van der Waals surface area contributed by atoms with E-state index in [1.165, 1.54) is 37.2 Å². The van der Waals surface area contributed by atoms with Crippen LogP contribution in [0.1, 0.15) is 32.3 Å². The molecule has 1 aromatic heterocycles. The maximum absolute atomic E-state index is 4.09. The highest BCUT2D eigenvalue weighted by atomic mass is 15.1. The van der Waals surface area contributed by atoms with E-state index in [0.29, 0.717) is 0 Å². The Labute approximate surface area is 127 Å². The first kappa shape index (κ1) is 14.3. The first-order valence-corrected chi connectivity index (χ1v) is 8.02. The number of nitrogens with zero attached hydrogens (tertiary/aromatic N) is 3. The molecule has 0 N–H and O–H groups in total. The second-order valence-electron chi connectivity index (χ2n) is 6.52. The van der Waals surface area contributed by atoms with Crippen molar-refractivity contribution in [3.8, 4) is 5.69 Å². The molecule has 1 aromatic carbocycles. The molecule has 2 aromatic rings. The van der Waals surface area contributed by atoms with E-state index in [4.69, 9.17) is 0 Å². The molecule has 0 spiro atoms. The van der Waals surface area contributed by atoms with E-state index in [2.05, 4.69) is 48.0 Å². The summed E-state index contributed by atoms with van der Waals surface area (Å²) in [7, 11) is 0. The van der Waals surface area contributed by atoms with E-state index in [1.807, 2.05) is 23.3 Å². The molecule has 112 valence electrons. The van der Waals surface area contributed by atoms with Gasteiger partial charge in [-0.25, -0.2) is 4.98 Å². The lowest BCUT2D eigenvalue weighted by molar-refractivity contribution is 0.139. The van der Waals surface area contributed by atoms with Crippen molar-refractivity contribution in [2.24, 2.45) is 11.8 Å². The molecule has 0 saturated carbocycles. The van der Waals surface area contributed by atoms with Gasteiger partial charge in [-0.2, -0.15) is 0 Å². The van der Waals surface area contributed by atoms with Gasteiger partial charge in [0.05, 0.1) is 6.33 Å². The Morgan fingerprint density at radius 1 is 1.24 bits per heavy atom. The van der Waals surface area contributed by atoms with Crippen molar-refractivity contribution < 1.29 is 0 Å². The van der Waals surface area contributed by atoms with Crippen LogP contribution in [0.5, 0.6) is 0 Å². The van der Waals surface area contributed by atoms with Crippen LogP contribution in [0.15, 0.2) is 43.0 Å². The standard InChI is InChI=1S/C18H25N3/c1-15(2)17-4-3-10-20(13-17)12-16-5-7-18(8-6-16)21-11-9-19-14-21/h5-9,11,14-15,17H,3-4,10,12-13H2,1-2H3. The maximum Gasteiger partial charge on any atom is 0.0991 e. The summed E-state index contributed by atoms with van der Waals surface area (Å²) in [6, 6.07) is 8.85. The Morgan fingerprint density at radius 2 is 2.05 bits per heavy atom. The highest BCUT2D eigenvalue weighted by Crippen LogP contribution is 2.24. The third-order valence-electron chi connectivity index (χ3n) is 4.63. The van der Waals surface area contributed by atoms with E-state index < -0.39 is 0 Å². The molecule has 3 nitrogen and oxygen atoms in total. The minimum atomic E-state index is 0.802. The minimum absolute atomic E-state index is 0.802. The summed E-state index contributed by atoms with van der Waals surface area (Å²) in [5.41, 5.74) is 2.58. The second-order valence-corrected chi connectivity index (χ2v) is 6.52. The molecule has 1 saturated heterocycles. The first-order chi connectivity index (χ1) is 10.2. The van der Waals surface area contributed by atoms with Crippen LogP contribution in [0.3, 0.4) is 0 Å². The van der Waals surface area contributed by atoms with Crippen molar-refractivity contribution in [1.29, 1.82) is 0 Å². The van der Waals surface area contributed by atoms with Crippen molar-refractivity contribution in [2.45, 2.75) is 33.2 Å². The van der Waals surface area contributed by atoms with Crippen LogP contribution < -0.4 is 0 Å². The molecule has 1 aliphatic rings. The van der Waals surface area contributed by atoms with Crippen LogP contribution >= 0.6 is 0 Å². The molecule has 0 aliphatic carbocycles. The highest BCUT2D eigenvalue weighted by molar-refractivity contribution is 5.34. The van der Waals surface area contributed by atoms with Gasteiger partial charge in [-0.1, -0.05) is 26.0 Å². The van der Waals surface area contributed by atoms with E-state index in [1.54, 1.807) is 0 Å². The number of imidazole rings is 1. The third kappa shape index (κ3) is 3.53. The minimum Gasteiger partial charge on any atom is -0.306 e. The molecule has 3 rings (SSSR count). The Bertz CT molecular complexity index is 542. The van der Waals surface area contributed by atoms with Gasteiger partial charge < -0.3 is 4.57 Å². The first-order valence-electron chi connectivity index (χ1n) is 8.02. The number of hydrogen-bond donors (Lipinski definition) is 0. The Kier molecular flexibility index (Phi) is 4.39. The van der Waals surface area contributed by atoms with Crippen LogP contribution in [0.25, 0.3) is 5.69 Å². The molecule has 1 fully saturated rings. The molecule has 0 bridgehead atoms. The quantitative estimate of drug-likeness (QED) is 0.852. The zero-order chi connectivity index (χ0) is 14.7. The van der Waals surface area contributed by atoms with Crippen LogP contribution in [0.4, 0.5) is 0 Å². The summed E-state index contributed by atoms with van der Waals surface area (Å²) in [5, 5.41) is 0. The summed E-state index contributed by atoms with van der Waals surface area (Å²) >= 11 is 0. The van der Waals surface area contributed by atoms with E-state index in [0.717, 1.165) is 18.4 Å². The zero-order valence-corrected chi connectivity index (χ0v) is 13.1. The fourth-order valence-corrected chi connectivity index (χ4v) is 3.22. The average Bonchev–Trinajstić information content (AvgIpc) is 3.02. The molecule has 3 heteroatoms. The fourth-order valence-electron chi connectivity index (χ4n) is 3.22. The van der Waals surface area contributed by atoms with E-state index in [9.17, 15) is 0 Å². The fraction of sp³-hybridized carbons (Fsp3) is 0.500. The molecule has 1 aliphatic heterocycles. The van der Waals surface area contributed by atoms with Crippen molar-refractivity contribution >= 4 is 0 Å². The van der Waals surface area contributed by atoms with Gasteiger partial charge in [-0.05, 0) is 48.9 Å². The SMILES string of the molecule is CC(C)C1CCCN(Cc2ccc(-n3ccnc3)cc2)C1. The predicted molar refractivity (Wildman–Crippen MR) is 86.4 cm³/mol. The molecule has 21 heavy (non-hydrogen) atoms. The smallest absolute Gasteiger partial charge is 0.0991 e. The monoisotopic (exact) mass is 283 g/mol. The van der Waals surface area contributed by atoms with Crippen molar-refractivity contribution in [3.05, 3.63) is 48.5 Å². The summed E-state index contributed by atoms with van der Waals surface area (Å²) in [6.07, 6.45) is 8.37. The normalized spacial score (nSPS) is 20.0. The van der Waals surface area contributed by atoms with Gasteiger partial charge in [0.2, 0.25) is 0 Å². The highest BCUT2D eigenvalue weighted by Gasteiger charge is 2.22. The summed E-state index contributed by atoms with van der Waals surface area (Å²) in [4.78, 5) is 6.71. The molecule has 2 heterocycles. The van der Waals surface area contributed by atoms with Gasteiger partial charge in [0.15, 0.2) is 0 Å². The zero-order valence-electron chi connectivity index (χ0n) is 13.1. The molecular formula is C18H25N3. The predicted octanol–water partition coefficient (Wildman–Crippen LogP) is 3.74. The molecular weight excluding hydrogens is 258 g/mol. The van der Waals surface area contributed by atoms with Crippen LogP contribution in [-0.4, -0.2) is 27.5 Å². The number of rotatable bonds is 4. The summed E-state index contributed by atoms with van der Waals surface area (Å²) < 4.78 is 2.04. The molecule has 1 atom stereocenters. The average molecular weight is 283 g/mol. The maximum atomic E-state index is 4.09. The van der Waals surface area contributed by atoms with E-state index >= 15 is 0 Å². The second kappa shape index (κ2) is 6.44. The van der Waals surface area contributed by atoms with Crippen molar-refractivity contribution in [1.82, 2.24) is 14.5 Å². The molecule has 0 radical (unpaired) electrons. The number of likely N-dealkylation sites (tertiary alicyclic amines) is 1. The Balaban J connectivity index is 1.62. The van der Waals surface area contributed by atoms with Gasteiger partial charge in [0.1, 0.15) is 0 Å². The van der Waals surface area contributed by atoms with Gasteiger partial charge in [0, 0.05) is 31.2 Å². The number of aromatic nitrogens is 2. The van der Waals surface area contributed by atoms with Crippen LogP contribution in [0, 0.1) is 11.8 Å². The van der Waals surface area contributed by atoms with Gasteiger partial charge >= 0.3 is 0 Å². The molecule has 0 amide bonds. The summed E-state index contributed by atoms with van der Waals surface area (Å²) in [5.74, 6) is 1.67. The summed E-state index contributed by atoms with van der Waals surface area (Å²) in [6.45, 7) is 8.28. The van der Waals surface area contributed by atoms with Crippen molar-refractivity contribution in [3.63, 3.8) is 0 Å². The Hall–Kier alpha value is -1.61. The third-order valence-corrected chi connectivity index (χ3v) is 4.63. The van der Waals surface area contributed by atoms with E-state index in [-0.39, 0.29) is 0 Å². The number of piperidine rings is 1. The van der Waals surface area contributed by atoms with Crippen LogP contribution in [0.2, 0.25) is 0 Å². The Morgan fingerprint density at radius 3 is 2.71 bits per heavy atom. The lowest BCUT2D eigenvalue weighted by atomic mass is 9.88. The van der Waals surface area contributed by atoms with Gasteiger partial charge in [-0.3, -0.25) is 4.90 Å². The lowest BCUT2D eigenvalue weighted by Gasteiger charge is -2.34. The topological polar surface area (TPSA) is 21.1 Å². The molecule has 1 unspecified atom stereocenters. The largest absolute Gasteiger partial charge is 0.306 e. The van der Waals surface area contributed by atoms with Gasteiger partial charge in [0.25, 0.3) is 0 Å². The van der Waals surface area contributed by atoms with Crippen LogP contribution in [-0.2, 0) is 6.54 Å². The van der Waals surface area contributed by atoms with Gasteiger partial charge in [-0.15, -0.1) is 0 Å². The lowest BCUT2D eigenvalue weighted by Crippen LogP contribution is -2.36. The number of benzene rings is 1. The number of hydrogen-bond acceptors (Lipinski definition) is 2.